The average molecular weight is 183 g/mol. The van der Waals surface area contributed by atoms with Gasteiger partial charge in [0, 0.05) is 5.39 Å². The lowest BCUT2D eigenvalue weighted by atomic mass is 10.4. The lowest BCUT2D eigenvalue weighted by Gasteiger charge is -1.92. The number of nitrogens with zero attached hydrogens (tertiary/aromatic N) is 1. The number of nitrogens with one attached hydrogen (secondary N) is 1. The van der Waals surface area contributed by atoms with Crippen LogP contribution in [0.25, 0.3) is 10.2 Å². The van der Waals surface area contributed by atoms with Crippen molar-refractivity contribution in [2.75, 3.05) is 5.73 Å². The van der Waals surface area contributed by atoms with Crippen LogP contribution in [0.15, 0.2) is 11.4 Å². The summed E-state index contributed by atoms with van der Waals surface area (Å²) in [5.41, 5.74) is 5.46. The van der Waals surface area contributed by atoms with Crippen molar-refractivity contribution < 1.29 is 0 Å². The first-order valence-corrected chi connectivity index (χ1v) is 4.29. The summed E-state index contributed by atoms with van der Waals surface area (Å²) < 4.78 is 0.661. The van der Waals surface area contributed by atoms with E-state index in [9.17, 15) is 0 Å². The van der Waals surface area contributed by atoms with Crippen LogP contribution in [-0.2, 0) is 0 Å². The summed E-state index contributed by atoms with van der Waals surface area (Å²) in [4.78, 5) is 7.75. The van der Waals surface area contributed by atoms with Gasteiger partial charge in [-0.3, -0.25) is 0 Å². The molecule has 0 aliphatic carbocycles. The zero-order valence-corrected chi connectivity index (χ0v) is 7.13. The molecule has 3 nitrogen and oxygen atoms in total. The Morgan fingerprint density at radius 2 is 2.45 bits per heavy atom. The van der Waals surface area contributed by atoms with Crippen LogP contribution < -0.4 is 5.73 Å². The standard InChI is InChI=1S/C6H5N3S2/c7-6-8-4(10)3-1-2-11-5(3)9-6/h1-2H,(H3,7,8,9,10). The molecule has 3 N–H and O–H groups in total. The maximum absolute atomic E-state index is 5.46. The highest BCUT2D eigenvalue weighted by atomic mass is 32.1. The summed E-state index contributed by atoms with van der Waals surface area (Å²) in [6, 6.07) is 1.94. The van der Waals surface area contributed by atoms with Crippen molar-refractivity contribution in [1.29, 1.82) is 0 Å². The van der Waals surface area contributed by atoms with Crippen LogP contribution in [0.2, 0.25) is 0 Å². The molecule has 2 aromatic rings. The topological polar surface area (TPSA) is 54.7 Å². The monoisotopic (exact) mass is 183 g/mol. The molecule has 2 rings (SSSR count). The second-order valence-electron chi connectivity index (χ2n) is 2.09. The maximum Gasteiger partial charge on any atom is 0.199 e. The Morgan fingerprint density at radius 1 is 1.64 bits per heavy atom. The molecule has 2 heterocycles. The summed E-state index contributed by atoms with van der Waals surface area (Å²) in [5, 5.41) is 2.92. The third-order valence-electron chi connectivity index (χ3n) is 1.35. The van der Waals surface area contributed by atoms with Crippen LogP contribution >= 0.6 is 23.6 Å². The molecular weight excluding hydrogens is 178 g/mol. The number of rotatable bonds is 0. The van der Waals surface area contributed by atoms with E-state index >= 15 is 0 Å². The summed E-state index contributed by atoms with van der Waals surface area (Å²) in [7, 11) is 0. The van der Waals surface area contributed by atoms with Crippen molar-refractivity contribution >= 4 is 39.7 Å². The summed E-state index contributed by atoms with van der Waals surface area (Å²) in [6.45, 7) is 0. The fourth-order valence-corrected chi connectivity index (χ4v) is 2.00. The van der Waals surface area contributed by atoms with E-state index in [1.807, 2.05) is 11.4 Å². The smallest absolute Gasteiger partial charge is 0.199 e. The van der Waals surface area contributed by atoms with Gasteiger partial charge in [0.1, 0.15) is 9.47 Å². The van der Waals surface area contributed by atoms with Gasteiger partial charge in [-0.2, -0.15) is 0 Å². The Balaban J connectivity index is 3.02. The number of fused-ring (bicyclic) bond motifs is 1. The molecule has 0 fully saturated rings. The third-order valence-corrected chi connectivity index (χ3v) is 2.48. The van der Waals surface area contributed by atoms with Gasteiger partial charge in [-0.05, 0) is 11.4 Å². The van der Waals surface area contributed by atoms with Crippen LogP contribution in [0.3, 0.4) is 0 Å². The van der Waals surface area contributed by atoms with Crippen LogP contribution in [-0.4, -0.2) is 9.97 Å². The number of aromatic nitrogens is 2. The van der Waals surface area contributed by atoms with Gasteiger partial charge in [-0.1, -0.05) is 12.2 Å². The fourth-order valence-electron chi connectivity index (χ4n) is 0.882. The Bertz CT molecular complexity index is 442. The van der Waals surface area contributed by atoms with Crippen molar-refractivity contribution in [2.24, 2.45) is 0 Å². The van der Waals surface area contributed by atoms with Crippen LogP contribution in [0.5, 0.6) is 0 Å². The molecule has 0 aliphatic heterocycles. The third kappa shape index (κ3) is 1.02. The molecule has 0 unspecified atom stereocenters. The molecule has 0 saturated heterocycles. The zero-order chi connectivity index (χ0) is 7.84. The molecule has 0 aliphatic rings. The molecule has 0 radical (unpaired) electrons. The predicted molar refractivity (Wildman–Crippen MR) is 49.2 cm³/mol. The van der Waals surface area contributed by atoms with E-state index in [1.165, 1.54) is 11.3 Å². The van der Waals surface area contributed by atoms with E-state index < -0.39 is 0 Å². The van der Waals surface area contributed by atoms with E-state index in [0.717, 1.165) is 10.2 Å². The Labute approximate surface area is 71.9 Å². The van der Waals surface area contributed by atoms with E-state index in [4.69, 9.17) is 18.0 Å². The van der Waals surface area contributed by atoms with Crippen molar-refractivity contribution in [3.8, 4) is 0 Å². The molecule has 0 amide bonds. The number of nitrogen functional groups attached to an aromatic ring is 1. The predicted octanol–water partition coefficient (Wildman–Crippen LogP) is 1.94. The first-order valence-electron chi connectivity index (χ1n) is 3.00. The molecular formula is C6H5N3S2. The van der Waals surface area contributed by atoms with Crippen molar-refractivity contribution in [2.45, 2.75) is 0 Å². The highest BCUT2D eigenvalue weighted by Crippen LogP contribution is 2.18. The second kappa shape index (κ2) is 2.28. The van der Waals surface area contributed by atoms with Crippen molar-refractivity contribution in [3.05, 3.63) is 16.1 Å². The SMILES string of the molecule is Nc1nc2sccc2c(=S)[nH]1. The van der Waals surface area contributed by atoms with Gasteiger partial charge in [0.15, 0.2) is 5.95 Å². The van der Waals surface area contributed by atoms with E-state index in [-0.39, 0.29) is 0 Å². The van der Waals surface area contributed by atoms with Gasteiger partial charge in [0.05, 0.1) is 0 Å². The van der Waals surface area contributed by atoms with Crippen LogP contribution in [0, 0.1) is 4.64 Å². The highest BCUT2D eigenvalue weighted by Gasteiger charge is 1.98. The lowest BCUT2D eigenvalue weighted by molar-refractivity contribution is 1.23. The van der Waals surface area contributed by atoms with Gasteiger partial charge in [0.2, 0.25) is 0 Å². The van der Waals surface area contributed by atoms with E-state index in [0.29, 0.717) is 10.6 Å². The van der Waals surface area contributed by atoms with Crippen LogP contribution in [0.1, 0.15) is 0 Å². The highest BCUT2D eigenvalue weighted by molar-refractivity contribution is 7.71. The van der Waals surface area contributed by atoms with Crippen LogP contribution in [0.4, 0.5) is 5.95 Å². The molecule has 0 bridgehead atoms. The van der Waals surface area contributed by atoms with Crippen molar-refractivity contribution in [3.63, 3.8) is 0 Å². The first-order chi connectivity index (χ1) is 5.27. The molecule has 0 atom stereocenters. The number of thiophene rings is 1. The number of nitrogens with two attached hydrogens (primary N) is 1. The molecule has 56 valence electrons. The molecule has 0 spiro atoms. The Hall–Kier alpha value is -0.940. The summed E-state index contributed by atoms with van der Waals surface area (Å²) in [5.74, 6) is 0.380. The van der Waals surface area contributed by atoms with Gasteiger partial charge < -0.3 is 10.7 Å². The fraction of sp³-hybridized carbons (Fsp3) is 0. The minimum Gasteiger partial charge on any atom is -0.369 e. The number of aromatic amines is 1. The summed E-state index contributed by atoms with van der Waals surface area (Å²) >= 11 is 6.56. The molecule has 5 heteroatoms. The lowest BCUT2D eigenvalue weighted by Crippen LogP contribution is -1.93. The maximum atomic E-state index is 5.46. The molecule has 0 saturated carbocycles. The van der Waals surface area contributed by atoms with Gasteiger partial charge in [-0.25, -0.2) is 4.98 Å². The average Bonchev–Trinajstić information content (AvgIpc) is 2.34. The quantitative estimate of drug-likeness (QED) is 0.614. The number of anilines is 1. The minimum absolute atomic E-state index is 0.380. The summed E-state index contributed by atoms with van der Waals surface area (Å²) in [6.07, 6.45) is 0. The van der Waals surface area contributed by atoms with Crippen molar-refractivity contribution in [1.82, 2.24) is 9.97 Å². The Kier molecular flexibility index (Phi) is 1.40. The molecule has 11 heavy (non-hydrogen) atoms. The van der Waals surface area contributed by atoms with E-state index in [1.54, 1.807) is 0 Å². The van der Waals surface area contributed by atoms with E-state index in [2.05, 4.69) is 9.97 Å². The zero-order valence-electron chi connectivity index (χ0n) is 5.50. The first kappa shape index (κ1) is 6.75. The second-order valence-corrected chi connectivity index (χ2v) is 3.39. The Morgan fingerprint density at radius 3 is 3.27 bits per heavy atom. The molecule has 0 aromatic carbocycles. The normalized spacial score (nSPS) is 10.5. The number of H-pyrrole nitrogens is 1. The van der Waals surface area contributed by atoms with Gasteiger partial charge in [0.25, 0.3) is 0 Å². The number of hydrogen-bond acceptors (Lipinski definition) is 4. The van der Waals surface area contributed by atoms with Gasteiger partial charge in [-0.15, -0.1) is 11.3 Å². The number of hydrogen-bond donors (Lipinski definition) is 2. The molecule has 2 aromatic heterocycles. The minimum atomic E-state index is 0.380. The van der Waals surface area contributed by atoms with Gasteiger partial charge >= 0.3 is 0 Å². The largest absolute Gasteiger partial charge is 0.369 e.